The molecule has 3 fully saturated rings. The summed E-state index contributed by atoms with van der Waals surface area (Å²) in [6, 6.07) is 0. The van der Waals surface area contributed by atoms with E-state index in [1.54, 1.807) is 17.8 Å². The summed E-state index contributed by atoms with van der Waals surface area (Å²) < 4.78 is 0. The van der Waals surface area contributed by atoms with Crippen LogP contribution in [0.25, 0.3) is 0 Å². The van der Waals surface area contributed by atoms with Crippen LogP contribution in [-0.2, 0) is 9.59 Å². The third-order valence-corrected chi connectivity index (χ3v) is 9.27. The Morgan fingerprint density at radius 2 is 1.96 bits per heavy atom. The molecule has 0 bridgehead atoms. The van der Waals surface area contributed by atoms with E-state index in [4.69, 9.17) is 5.73 Å². The van der Waals surface area contributed by atoms with E-state index >= 15 is 0 Å². The van der Waals surface area contributed by atoms with Gasteiger partial charge in [0.05, 0.1) is 0 Å². The van der Waals surface area contributed by atoms with E-state index in [1.807, 2.05) is 0 Å². The van der Waals surface area contributed by atoms with Crippen LogP contribution in [0.2, 0.25) is 0 Å². The van der Waals surface area contributed by atoms with Gasteiger partial charge in [-0.05, 0) is 67.8 Å². The largest absolute Gasteiger partial charge is 0.369 e. The molecule has 23 heavy (non-hydrogen) atoms. The fourth-order valence-electron chi connectivity index (χ4n) is 6.67. The molecule has 4 aliphatic rings. The number of nitrogens with two attached hydrogens (primary N) is 1. The van der Waals surface area contributed by atoms with E-state index in [0.717, 1.165) is 25.7 Å². The average molecular weight is 333 g/mol. The molecule has 1 amide bonds. The smallest absolute Gasteiger partial charge is 0.221 e. The summed E-state index contributed by atoms with van der Waals surface area (Å²) >= 11 is 1.55. The zero-order valence-corrected chi connectivity index (χ0v) is 14.9. The molecule has 1 heterocycles. The number of thioether (sulfide) groups is 1. The Kier molecular flexibility index (Phi) is 3.50. The van der Waals surface area contributed by atoms with Gasteiger partial charge in [0.25, 0.3) is 0 Å². The summed E-state index contributed by atoms with van der Waals surface area (Å²) in [6.45, 7) is 4.69. The average Bonchev–Trinajstić information content (AvgIpc) is 2.85. The monoisotopic (exact) mass is 333 g/mol. The first-order valence-electron chi connectivity index (χ1n) is 9.05. The number of fused-ring (bicyclic) bond motifs is 5. The van der Waals surface area contributed by atoms with Crippen LogP contribution in [-0.4, -0.2) is 16.3 Å². The van der Waals surface area contributed by atoms with E-state index in [1.165, 1.54) is 12.8 Å². The quantitative estimate of drug-likeness (QED) is 0.798. The van der Waals surface area contributed by atoms with Crippen molar-refractivity contribution in [2.24, 2.45) is 40.2 Å². The molecule has 3 nitrogen and oxygen atoms in total. The number of carbonyl (C=O) groups excluding carboxylic acids is 2. The zero-order valence-electron chi connectivity index (χ0n) is 14.1. The molecule has 4 rings (SSSR count). The van der Waals surface area contributed by atoms with Crippen LogP contribution >= 0.6 is 11.8 Å². The van der Waals surface area contributed by atoms with Crippen LogP contribution in [0.15, 0.2) is 12.2 Å². The molecular formula is C19H27NO2S. The number of hydrogen-bond donors (Lipinski definition) is 1. The summed E-state index contributed by atoms with van der Waals surface area (Å²) in [5.41, 5.74) is 5.97. The van der Waals surface area contributed by atoms with Crippen molar-refractivity contribution in [1.29, 1.82) is 0 Å². The topological polar surface area (TPSA) is 60.2 Å². The molecule has 4 heteroatoms. The Labute approximate surface area is 142 Å². The maximum atomic E-state index is 11.9. The van der Waals surface area contributed by atoms with Gasteiger partial charge in [-0.15, -0.1) is 0 Å². The van der Waals surface area contributed by atoms with Gasteiger partial charge in [-0.2, -0.15) is 0 Å². The Morgan fingerprint density at radius 1 is 1.17 bits per heavy atom. The normalized spacial score (nSPS) is 51.7. The van der Waals surface area contributed by atoms with Crippen molar-refractivity contribution in [1.82, 2.24) is 0 Å². The summed E-state index contributed by atoms with van der Waals surface area (Å²) in [5.74, 6) is 1.96. The number of hydrogen-bond acceptors (Lipinski definition) is 3. The fourth-order valence-corrected chi connectivity index (χ4v) is 7.86. The van der Waals surface area contributed by atoms with Gasteiger partial charge in [0, 0.05) is 16.6 Å². The molecule has 0 saturated heterocycles. The highest BCUT2D eigenvalue weighted by Gasteiger charge is 2.60. The SMILES string of the molecule is C[C@]12C=CC(=O)S[C@@H]1CC[C@@H]1[C@@H]2CC[C@]2(C)[C@@H](C(N)=O)CC[C@@H]12. The highest BCUT2D eigenvalue weighted by atomic mass is 32.2. The summed E-state index contributed by atoms with van der Waals surface area (Å²) in [4.78, 5) is 23.7. The van der Waals surface area contributed by atoms with Crippen molar-refractivity contribution in [3.8, 4) is 0 Å². The van der Waals surface area contributed by atoms with Crippen molar-refractivity contribution in [3.63, 3.8) is 0 Å². The Balaban J connectivity index is 1.66. The Hall–Kier alpha value is -0.770. The molecule has 2 N–H and O–H groups in total. The molecule has 0 aromatic carbocycles. The van der Waals surface area contributed by atoms with Crippen LogP contribution in [0, 0.1) is 34.5 Å². The molecule has 3 aliphatic carbocycles. The molecular weight excluding hydrogens is 306 g/mol. The van der Waals surface area contributed by atoms with E-state index in [9.17, 15) is 9.59 Å². The van der Waals surface area contributed by atoms with Crippen molar-refractivity contribution < 1.29 is 9.59 Å². The third kappa shape index (κ3) is 2.09. The van der Waals surface area contributed by atoms with Crippen molar-refractivity contribution >= 4 is 22.8 Å². The van der Waals surface area contributed by atoms with E-state index in [0.29, 0.717) is 23.0 Å². The van der Waals surface area contributed by atoms with Gasteiger partial charge >= 0.3 is 0 Å². The molecule has 3 saturated carbocycles. The maximum Gasteiger partial charge on any atom is 0.221 e. The van der Waals surface area contributed by atoms with Crippen LogP contribution in [0.4, 0.5) is 0 Å². The Bertz CT molecular complexity index is 588. The van der Waals surface area contributed by atoms with Crippen molar-refractivity contribution in [2.75, 3.05) is 0 Å². The predicted octanol–water partition coefficient (Wildman–Crippen LogP) is 3.53. The lowest BCUT2D eigenvalue weighted by molar-refractivity contribution is -0.128. The number of allylic oxidation sites excluding steroid dienone is 1. The predicted molar refractivity (Wildman–Crippen MR) is 92.6 cm³/mol. The van der Waals surface area contributed by atoms with Gasteiger partial charge in [-0.1, -0.05) is 31.7 Å². The van der Waals surface area contributed by atoms with E-state index in [-0.39, 0.29) is 27.8 Å². The second-order valence-electron chi connectivity index (χ2n) is 8.66. The number of primary amides is 1. The molecule has 0 radical (unpaired) electrons. The molecule has 0 aromatic heterocycles. The molecule has 126 valence electrons. The van der Waals surface area contributed by atoms with Crippen molar-refractivity contribution in [2.45, 2.75) is 57.6 Å². The molecule has 0 unspecified atom stereocenters. The van der Waals surface area contributed by atoms with Gasteiger partial charge in [-0.3, -0.25) is 9.59 Å². The highest BCUT2D eigenvalue weighted by molar-refractivity contribution is 8.14. The van der Waals surface area contributed by atoms with Crippen molar-refractivity contribution in [3.05, 3.63) is 12.2 Å². The third-order valence-electron chi connectivity index (χ3n) is 7.87. The fraction of sp³-hybridized carbons (Fsp3) is 0.789. The summed E-state index contributed by atoms with van der Waals surface area (Å²) in [5, 5.41) is 0.667. The minimum Gasteiger partial charge on any atom is -0.369 e. The van der Waals surface area contributed by atoms with Gasteiger partial charge in [-0.25, -0.2) is 0 Å². The van der Waals surface area contributed by atoms with Gasteiger partial charge in [0.1, 0.15) is 0 Å². The highest BCUT2D eigenvalue weighted by Crippen LogP contribution is 2.66. The standard InChI is InChI=1S/C19H27NO2S/c1-18-9-7-13-11(12(18)4-5-14(18)17(20)22)3-6-15-19(13,2)10-8-16(21)23-15/h8,10-15H,3-7,9H2,1-2H3,(H2,20,22)/t11-,12-,13-,14+,15+,18-,19+/m0/s1. The molecule has 1 aliphatic heterocycles. The van der Waals surface area contributed by atoms with Crippen LogP contribution in [0.3, 0.4) is 0 Å². The van der Waals surface area contributed by atoms with Gasteiger partial charge in [0.2, 0.25) is 11.0 Å². The molecule has 7 atom stereocenters. The minimum atomic E-state index is -0.0907. The van der Waals surface area contributed by atoms with Crippen LogP contribution < -0.4 is 5.73 Å². The first-order valence-corrected chi connectivity index (χ1v) is 9.93. The zero-order chi connectivity index (χ0) is 16.4. The molecule has 0 spiro atoms. The number of carbonyl (C=O) groups is 2. The van der Waals surface area contributed by atoms with Gasteiger partial charge < -0.3 is 5.73 Å². The Morgan fingerprint density at radius 3 is 2.70 bits per heavy atom. The first-order chi connectivity index (χ1) is 10.9. The second kappa shape index (κ2) is 5.11. The second-order valence-corrected chi connectivity index (χ2v) is 9.86. The number of amides is 1. The minimum absolute atomic E-state index is 0.0665. The lowest BCUT2D eigenvalue weighted by atomic mass is 9.49. The van der Waals surface area contributed by atoms with Gasteiger partial charge in [0.15, 0.2) is 0 Å². The van der Waals surface area contributed by atoms with E-state index < -0.39 is 0 Å². The van der Waals surface area contributed by atoms with E-state index in [2.05, 4.69) is 19.9 Å². The summed E-state index contributed by atoms with van der Waals surface area (Å²) in [7, 11) is 0. The lowest BCUT2D eigenvalue weighted by Gasteiger charge is -2.58. The molecule has 0 aromatic rings. The van der Waals surface area contributed by atoms with Crippen LogP contribution in [0.5, 0.6) is 0 Å². The number of rotatable bonds is 1. The summed E-state index contributed by atoms with van der Waals surface area (Å²) in [6.07, 6.45) is 10.8. The first kappa shape index (κ1) is 15.7. The maximum absolute atomic E-state index is 11.9. The van der Waals surface area contributed by atoms with Crippen LogP contribution in [0.1, 0.15) is 52.4 Å². The lowest BCUT2D eigenvalue weighted by Crippen LogP contribution is -2.53.